The number of ether oxygens (including phenoxy) is 1. The third kappa shape index (κ3) is 3.16. The van der Waals surface area contributed by atoms with E-state index in [2.05, 4.69) is 27.8 Å². The van der Waals surface area contributed by atoms with Gasteiger partial charge >= 0.3 is 0 Å². The summed E-state index contributed by atoms with van der Waals surface area (Å²) < 4.78 is 20.5. The van der Waals surface area contributed by atoms with Crippen LogP contribution >= 0.6 is 15.9 Å². The van der Waals surface area contributed by atoms with Gasteiger partial charge in [-0.3, -0.25) is 4.90 Å². The molecule has 0 aromatic heterocycles. The minimum absolute atomic E-state index is 0.133. The summed E-state index contributed by atoms with van der Waals surface area (Å²) in [7, 11) is 1.99. The molecular formula is C14H20BrFN2O. The molecule has 3 nitrogen and oxygen atoms in total. The Labute approximate surface area is 122 Å². The van der Waals surface area contributed by atoms with Crippen molar-refractivity contribution < 1.29 is 9.13 Å². The van der Waals surface area contributed by atoms with Crippen LogP contribution in [0.3, 0.4) is 0 Å². The molecule has 3 unspecified atom stereocenters. The molecule has 106 valence electrons. The number of likely N-dealkylation sites (N-methyl/N-ethyl adjacent to an activating group) is 1. The molecule has 2 rings (SSSR count). The number of hydrogen-bond acceptors (Lipinski definition) is 3. The Bertz CT molecular complexity index is 443. The van der Waals surface area contributed by atoms with Crippen molar-refractivity contribution in [1.82, 2.24) is 4.90 Å². The fourth-order valence-electron chi connectivity index (χ4n) is 2.77. The maximum Gasteiger partial charge on any atom is 0.128 e. The third-order valence-electron chi connectivity index (χ3n) is 3.89. The Morgan fingerprint density at radius 2 is 2.32 bits per heavy atom. The third-order valence-corrected chi connectivity index (χ3v) is 4.38. The monoisotopic (exact) mass is 330 g/mol. The molecule has 3 atom stereocenters. The van der Waals surface area contributed by atoms with Gasteiger partial charge in [-0.05, 0) is 38.6 Å². The van der Waals surface area contributed by atoms with Crippen LogP contribution in [0.4, 0.5) is 4.39 Å². The Kier molecular flexibility index (Phi) is 4.95. The van der Waals surface area contributed by atoms with Crippen molar-refractivity contribution in [1.29, 1.82) is 0 Å². The van der Waals surface area contributed by atoms with Gasteiger partial charge in [0.2, 0.25) is 0 Å². The average Bonchev–Trinajstić information content (AvgIpc) is 2.80. The lowest BCUT2D eigenvalue weighted by Crippen LogP contribution is -2.42. The maximum absolute atomic E-state index is 14.0. The first kappa shape index (κ1) is 14.9. The molecule has 5 heteroatoms. The first-order valence-electron chi connectivity index (χ1n) is 6.53. The van der Waals surface area contributed by atoms with Crippen molar-refractivity contribution in [3.63, 3.8) is 0 Å². The van der Waals surface area contributed by atoms with Gasteiger partial charge in [-0.25, -0.2) is 4.39 Å². The fourth-order valence-corrected chi connectivity index (χ4v) is 3.15. The van der Waals surface area contributed by atoms with Crippen molar-refractivity contribution in [3.8, 4) is 0 Å². The largest absolute Gasteiger partial charge is 0.377 e. The van der Waals surface area contributed by atoms with Crippen LogP contribution < -0.4 is 5.73 Å². The molecule has 1 heterocycles. The zero-order valence-corrected chi connectivity index (χ0v) is 12.9. The highest BCUT2D eigenvalue weighted by Crippen LogP contribution is 2.30. The topological polar surface area (TPSA) is 38.5 Å². The van der Waals surface area contributed by atoms with Crippen molar-refractivity contribution in [2.75, 3.05) is 20.2 Å². The maximum atomic E-state index is 14.0. The Hall–Kier alpha value is -0.490. The van der Waals surface area contributed by atoms with Gasteiger partial charge in [0.05, 0.1) is 12.1 Å². The summed E-state index contributed by atoms with van der Waals surface area (Å²) in [6.07, 6.45) is 1.12. The lowest BCUT2D eigenvalue weighted by Gasteiger charge is -2.34. The van der Waals surface area contributed by atoms with Crippen LogP contribution in [0.15, 0.2) is 22.7 Å². The normalized spacial score (nSPS) is 24.9. The van der Waals surface area contributed by atoms with Gasteiger partial charge in [0.1, 0.15) is 5.82 Å². The quantitative estimate of drug-likeness (QED) is 0.922. The van der Waals surface area contributed by atoms with Gasteiger partial charge in [0, 0.05) is 29.2 Å². The summed E-state index contributed by atoms with van der Waals surface area (Å²) in [6, 6.07) is 5.14. The predicted octanol–water partition coefficient (Wildman–Crippen LogP) is 2.70. The summed E-state index contributed by atoms with van der Waals surface area (Å²) >= 11 is 3.39. The van der Waals surface area contributed by atoms with Crippen LogP contribution in [0.25, 0.3) is 0 Å². The predicted molar refractivity (Wildman–Crippen MR) is 77.5 cm³/mol. The van der Waals surface area contributed by atoms with E-state index in [4.69, 9.17) is 10.5 Å². The molecule has 0 radical (unpaired) electrons. The Balaban J connectivity index is 2.26. The number of halogens is 2. The highest BCUT2D eigenvalue weighted by molar-refractivity contribution is 9.10. The van der Waals surface area contributed by atoms with Gasteiger partial charge in [0.25, 0.3) is 0 Å². The highest BCUT2D eigenvalue weighted by atomic mass is 79.9. The molecule has 0 amide bonds. The van der Waals surface area contributed by atoms with E-state index in [9.17, 15) is 4.39 Å². The smallest absolute Gasteiger partial charge is 0.128 e. The number of nitrogens with zero attached hydrogens (tertiary/aromatic N) is 1. The molecule has 0 spiro atoms. The molecule has 0 saturated carbocycles. The number of benzene rings is 1. The van der Waals surface area contributed by atoms with Gasteiger partial charge < -0.3 is 10.5 Å². The molecule has 1 aromatic carbocycles. The molecule has 1 fully saturated rings. The van der Waals surface area contributed by atoms with Crippen LogP contribution in [0.2, 0.25) is 0 Å². The molecule has 1 saturated heterocycles. The molecule has 2 N–H and O–H groups in total. The summed E-state index contributed by atoms with van der Waals surface area (Å²) in [6.45, 7) is 3.19. The van der Waals surface area contributed by atoms with E-state index in [1.54, 1.807) is 6.07 Å². The van der Waals surface area contributed by atoms with Crippen molar-refractivity contribution in [3.05, 3.63) is 34.1 Å². The standard InChI is InChI=1S/C14H20BrFN2O/c1-9-13(5-6-19-9)18(2)14(8-17)11-7-10(15)3-4-12(11)16/h3-4,7,9,13-14H,5-6,8,17H2,1-2H3. The van der Waals surface area contributed by atoms with Gasteiger partial charge in [-0.1, -0.05) is 15.9 Å². The first-order chi connectivity index (χ1) is 9.04. The zero-order chi connectivity index (χ0) is 14.0. The van der Waals surface area contributed by atoms with Crippen LogP contribution in [0.1, 0.15) is 24.9 Å². The second-order valence-corrected chi connectivity index (χ2v) is 5.93. The second-order valence-electron chi connectivity index (χ2n) is 5.01. The molecule has 19 heavy (non-hydrogen) atoms. The highest BCUT2D eigenvalue weighted by Gasteiger charge is 2.32. The van der Waals surface area contributed by atoms with Crippen molar-refractivity contribution >= 4 is 15.9 Å². The lowest BCUT2D eigenvalue weighted by molar-refractivity contribution is 0.0679. The Morgan fingerprint density at radius 1 is 1.58 bits per heavy atom. The summed E-state index contributed by atoms with van der Waals surface area (Å²) in [5.41, 5.74) is 6.51. The van der Waals surface area contributed by atoms with Crippen LogP contribution in [0.5, 0.6) is 0 Å². The van der Waals surface area contributed by atoms with Crippen LogP contribution in [-0.4, -0.2) is 37.2 Å². The van der Waals surface area contributed by atoms with Crippen molar-refractivity contribution in [2.24, 2.45) is 5.73 Å². The number of hydrogen-bond donors (Lipinski definition) is 1. The van der Waals surface area contributed by atoms with Crippen LogP contribution in [-0.2, 0) is 4.74 Å². The van der Waals surface area contributed by atoms with E-state index in [-0.39, 0.29) is 24.0 Å². The Morgan fingerprint density at radius 3 is 2.89 bits per heavy atom. The molecule has 1 aliphatic heterocycles. The summed E-state index contributed by atoms with van der Waals surface area (Å²) in [5, 5.41) is 0. The van der Waals surface area contributed by atoms with Gasteiger partial charge in [-0.15, -0.1) is 0 Å². The van der Waals surface area contributed by atoms with E-state index >= 15 is 0 Å². The first-order valence-corrected chi connectivity index (χ1v) is 7.32. The average molecular weight is 331 g/mol. The van der Waals surface area contributed by atoms with E-state index in [0.29, 0.717) is 12.1 Å². The molecule has 1 aliphatic rings. The minimum Gasteiger partial charge on any atom is -0.377 e. The van der Waals surface area contributed by atoms with E-state index in [1.165, 1.54) is 6.07 Å². The molecule has 0 bridgehead atoms. The van der Waals surface area contributed by atoms with Gasteiger partial charge in [-0.2, -0.15) is 0 Å². The second kappa shape index (κ2) is 6.31. The summed E-state index contributed by atoms with van der Waals surface area (Å²) in [5.74, 6) is -0.211. The van der Waals surface area contributed by atoms with E-state index in [0.717, 1.165) is 17.5 Å². The van der Waals surface area contributed by atoms with E-state index < -0.39 is 0 Å². The number of rotatable bonds is 4. The number of nitrogens with two attached hydrogens (primary N) is 1. The lowest BCUT2D eigenvalue weighted by atomic mass is 10.0. The molecular weight excluding hydrogens is 311 g/mol. The SMILES string of the molecule is CC1OCCC1N(C)C(CN)c1cc(Br)ccc1F. The molecule has 0 aliphatic carbocycles. The van der Waals surface area contributed by atoms with Crippen LogP contribution in [0, 0.1) is 5.82 Å². The minimum atomic E-state index is -0.211. The van der Waals surface area contributed by atoms with Gasteiger partial charge in [0.15, 0.2) is 0 Å². The van der Waals surface area contributed by atoms with E-state index in [1.807, 2.05) is 13.1 Å². The summed E-state index contributed by atoms with van der Waals surface area (Å²) in [4.78, 5) is 2.14. The van der Waals surface area contributed by atoms with Crippen molar-refractivity contribution in [2.45, 2.75) is 31.5 Å². The zero-order valence-electron chi connectivity index (χ0n) is 11.3. The fraction of sp³-hybridized carbons (Fsp3) is 0.571. The molecule has 1 aromatic rings.